The van der Waals surface area contributed by atoms with E-state index in [1.54, 1.807) is 10.9 Å². The number of carbonyl (C=O) groups is 2. The number of fused-ring (bicyclic) bond motifs is 1. The number of imidazole rings is 1. The number of unbranched alkanes of at least 4 members (excludes halogenated alkanes) is 24. The van der Waals surface area contributed by atoms with Gasteiger partial charge in [0.2, 0.25) is 13.6 Å². The van der Waals surface area contributed by atoms with Crippen LogP contribution < -0.4 is 5.73 Å². The summed E-state index contributed by atoms with van der Waals surface area (Å²) in [6, 6.07) is 0. The van der Waals surface area contributed by atoms with E-state index in [9.17, 15) is 14.2 Å². The van der Waals surface area contributed by atoms with E-state index < -0.39 is 39.5 Å². The van der Waals surface area contributed by atoms with E-state index in [2.05, 4.69) is 28.8 Å². The van der Waals surface area contributed by atoms with E-state index in [-0.39, 0.29) is 25.3 Å². The Hall–Kier alpha value is -2.60. The van der Waals surface area contributed by atoms with Crippen molar-refractivity contribution in [2.24, 2.45) is 0 Å². The summed E-state index contributed by atoms with van der Waals surface area (Å²) in [5.74, 6) is -0.593. The zero-order valence-electron chi connectivity index (χ0n) is 35.1. The molecule has 0 fully saturated rings. The van der Waals surface area contributed by atoms with Crippen LogP contribution in [-0.2, 0) is 44.0 Å². The molecular weight excluding hydrogens is 733 g/mol. The summed E-state index contributed by atoms with van der Waals surface area (Å²) in [7, 11) is -3.96. The van der Waals surface area contributed by atoms with Gasteiger partial charge in [-0.15, -0.1) is 0 Å². The van der Waals surface area contributed by atoms with Gasteiger partial charge in [-0.2, -0.15) is 0 Å². The maximum absolute atomic E-state index is 13.6. The van der Waals surface area contributed by atoms with Gasteiger partial charge < -0.3 is 24.5 Å². The number of carbonyl (C=O) groups excluding carboxylic acids is 2. The molecule has 0 radical (unpaired) electrons. The van der Waals surface area contributed by atoms with Crippen LogP contribution in [0.1, 0.15) is 194 Å². The van der Waals surface area contributed by atoms with Crippen LogP contribution in [0.25, 0.3) is 11.2 Å². The summed E-state index contributed by atoms with van der Waals surface area (Å²) in [5.41, 5.74) is 6.90. The highest BCUT2D eigenvalue weighted by Gasteiger charge is 2.27. The summed E-state index contributed by atoms with van der Waals surface area (Å²) in [6.07, 6.45) is 34.7. The number of hydrogen-bond donors (Lipinski definition) is 1. The summed E-state index contributed by atoms with van der Waals surface area (Å²) in [5, 5.41) is 0. The number of hydrogen-bond acceptors (Lipinski definition) is 12. The molecule has 0 amide bonds. The van der Waals surface area contributed by atoms with E-state index >= 15 is 0 Å². The molecule has 2 aromatic rings. The second kappa shape index (κ2) is 33.4. The predicted molar refractivity (Wildman–Crippen MR) is 223 cm³/mol. The van der Waals surface area contributed by atoms with Crippen LogP contribution in [-0.4, -0.2) is 58.0 Å². The molecule has 2 heterocycles. The molecule has 0 saturated carbocycles. The molecule has 0 aliphatic rings. The molecule has 0 spiro atoms. The van der Waals surface area contributed by atoms with Crippen molar-refractivity contribution < 1.29 is 37.4 Å². The van der Waals surface area contributed by atoms with Crippen molar-refractivity contribution >= 4 is 36.5 Å². The van der Waals surface area contributed by atoms with Crippen molar-refractivity contribution in [1.82, 2.24) is 19.5 Å². The lowest BCUT2D eigenvalue weighted by atomic mass is 10.0. The average Bonchev–Trinajstić information content (AvgIpc) is 3.61. The molecule has 0 aromatic carbocycles. The first-order valence-electron chi connectivity index (χ1n) is 22.1. The Morgan fingerprint density at radius 2 is 1.02 bits per heavy atom. The first-order valence-corrected chi connectivity index (χ1v) is 23.8. The quantitative estimate of drug-likeness (QED) is 0.0294. The number of rotatable bonds is 39. The monoisotopic (exact) mass is 810 g/mol. The van der Waals surface area contributed by atoms with E-state index in [0.717, 1.165) is 38.5 Å². The standard InChI is InChI=1S/C42H76N5O8P/c1-3-5-7-9-11-13-15-17-19-21-23-25-27-29-38(48)52-35-54-56(50,37-51-32-31-47-34-46-40-41(43)44-33-45-42(40)47)55-36-53-39(49)30-28-26-24-22-20-18-16-14-12-10-8-6-4-2/h33-34H,3-32,35-37H2,1-2H3,(H2,43,44,45). The van der Waals surface area contributed by atoms with Crippen molar-refractivity contribution in [2.75, 3.05) is 32.3 Å². The van der Waals surface area contributed by atoms with Crippen LogP contribution in [0, 0.1) is 0 Å². The SMILES string of the molecule is CCCCCCCCCCCCCCCC(=O)OCOP(=O)(COCCn1cnc2c(N)ncnc21)OCOC(=O)CCCCCCCCCCCCCCC. The van der Waals surface area contributed by atoms with Gasteiger partial charge >= 0.3 is 19.5 Å². The summed E-state index contributed by atoms with van der Waals surface area (Å²) >= 11 is 0. The minimum atomic E-state index is -3.96. The first kappa shape index (κ1) is 49.5. The van der Waals surface area contributed by atoms with Gasteiger partial charge in [0.05, 0.1) is 12.9 Å². The predicted octanol–water partition coefficient (Wildman–Crippen LogP) is 11.6. The van der Waals surface area contributed by atoms with Crippen molar-refractivity contribution in [2.45, 2.75) is 200 Å². The molecule has 322 valence electrons. The summed E-state index contributed by atoms with van der Waals surface area (Å²) in [4.78, 5) is 37.1. The number of aromatic nitrogens is 4. The first-order chi connectivity index (χ1) is 27.4. The molecule has 0 unspecified atom stereocenters. The summed E-state index contributed by atoms with van der Waals surface area (Å²) in [6.45, 7) is 3.81. The Morgan fingerprint density at radius 1 is 0.607 bits per heavy atom. The van der Waals surface area contributed by atoms with E-state index in [1.807, 2.05) is 0 Å². The fourth-order valence-electron chi connectivity index (χ4n) is 6.58. The molecule has 2 aromatic heterocycles. The molecule has 0 saturated heterocycles. The molecule has 13 nitrogen and oxygen atoms in total. The van der Waals surface area contributed by atoms with Crippen LogP contribution in [0.4, 0.5) is 5.82 Å². The number of nitrogens with zero attached hydrogens (tertiary/aromatic N) is 4. The Kier molecular flexibility index (Phi) is 29.5. The molecular formula is C42H76N5O8P. The van der Waals surface area contributed by atoms with Crippen molar-refractivity contribution in [1.29, 1.82) is 0 Å². The topological polar surface area (TPSA) is 167 Å². The molecule has 0 aliphatic carbocycles. The number of nitrogens with two attached hydrogens (primary N) is 1. The van der Waals surface area contributed by atoms with Crippen LogP contribution in [0.5, 0.6) is 0 Å². The number of esters is 2. The highest BCUT2D eigenvalue weighted by atomic mass is 31.2. The average molecular weight is 810 g/mol. The number of ether oxygens (including phenoxy) is 3. The van der Waals surface area contributed by atoms with Gasteiger partial charge in [0.15, 0.2) is 11.5 Å². The third-order valence-corrected chi connectivity index (χ3v) is 11.6. The van der Waals surface area contributed by atoms with Gasteiger partial charge in [0.1, 0.15) is 18.2 Å². The third-order valence-electron chi connectivity index (χ3n) is 10.1. The molecule has 0 atom stereocenters. The molecule has 56 heavy (non-hydrogen) atoms. The van der Waals surface area contributed by atoms with Crippen LogP contribution in [0.15, 0.2) is 12.7 Å². The Morgan fingerprint density at radius 3 is 1.45 bits per heavy atom. The molecule has 2 rings (SSSR count). The Bertz CT molecular complexity index is 1280. The van der Waals surface area contributed by atoms with Crippen LogP contribution in [0.3, 0.4) is 0 Å². The van der Waals surface area contributed by atoms with Crippen molar-refractivity contribution in [3.63, 3.8) is 0 Å². The minimum Gasteiger partial charge on any atom is -0.438 e. The minimum absolute atomic E-state index is 0.115. The molecule has 2 N–H and O–H groups in total. The third kappa shape index (κ3) is 24.9. The maximum Gasteiger partial charge on any atom is 0.361 e. The fourth-order valence-corrected chi connectivity index (χ4v) is 7.58. The maximum atomic E-state index is 13.6. The van der Waals surface area contributed by atoms with Gasteiger partial charge in [0.25, 0.3) is 0 Å². The number of nitrogen functional groups attached to an aromatic ring is 1. The van der Waals surface area contributed by atoms with Crippen molar-refractivity contribution in [3.8, 4) is 0 Å². The largest absolute Gasteiger partial charge is 0.438 e. The lowest BCUT2D eigenvalue weighted by Crippen LogP contribution is -2.14. The van der Waals surface area contributed by atoms with E-state index in [4.69, 9.17) is 29.0 Å². The molecule has 0 bridgehead atoms. The molecule has 14 heteroatoms. The lowest BCUT2D eigenvalue weighted by molar-refractivity contribution is -0.152. The second-order valence-corrected chi connectivity index (χ2v) is 17.0. The van der Waals surface area contributed by atoms with Gasteiger partial charge in [-0.1, -0.05) is 168 Å². The smallest absolute Gasteiger partial charge is 0.361 e. The normalized spacial score (nSPS) is 11.8. The number of anilines is 1. The Balaban J connectivity index is 1.64. The van der Waals surface area contributed by atoms with Gasteiger partial charge in [0, 0.05) is 19.4 Å². The van der Waals surface area contributed by atoms with Crippen molar-refractivity contribution in [3.05, 3.63) is 12.7 Å². The van der Waals surface area contributed by atoms with E-state index in [0.29, 0.717) is 17.7 Å². The van der Waals surface area contributed by atoms with Gasteiger partial charge in [-0.05, 0) is 12.8 Å². The van der Waals surface area contributed by atoms with E-state index in [1.165, 1.54) is 135 Å². The van der Waals surface area contributed by atoms with Crippen LogP contribution in [0.2, 0.25) is 0 Å². The zero-order chi connectivity index (χ0) is 40.4. The highest BCUT2D eigenvalue weighted by Crippen LogP contribution is 2.48. The molecule has 0 aliphatic heterocycles. The fraction of sp³-hybridized carbons (Fsp3) is 0.833. The second-order valence-electron chi connectivity index (χ2n) is 15.0. The summed E-state index contributed by atoms with van der Waals surface area (Å²) < 4.78 is 42.2. The Labute approximate surface area is 337 Å². The van der Waals surface area contributed by atoms with Gasteiger partial charge in [-0.3, -0.25) is 23.2 Å². The zero-order valence-corrected chi connectivity index (χ0v) is 36.0. The highest BCUT2D eigenvalue weighted by molar-refractivity contribution is 7.53. The van der Waals surface area contributed by atoms with Crippen LogP contribution >= 0.6 is 7.60 Å². The lowest BCUT2D eigenvalue weighted by Gasteiger charge is -2.18. The van der Waals surface area contributed by atoms with Gasteiger partial charge in [-0.25, -0.2) is 15.0 Å².